The Hall–Kier alpha value is -2.04. The van der Waals surface area contributed by atoms with Crippen LogP contribution in [0.3, 0.4) is 0 Å². The summed E-state index contributed by atoms with van der Waals surface area (Å²) in [6.45, 7) is 4.98. The Morgan fingerprint density at radius 1 is 0.848 bits per heavy atom. The van der Waals surface area contributed by atoms with E-state index >= 15 is 0 Å². The van der Waals surface area contributed by atoms with Crippen LogP contribution in [0, 0.1) is 11.7 Å². The van der Waals surface area contributed by atoms with Crippen LogP contribution in [0.4, 0.5) is 4.39 Å². The number of piperazine rings is 1. The van der Waals surface area contributed by atoms with Crippen LogP contribution in [0.5, 0.6) is 0 Å². The predicted octanol–water partition coefficient (Wildman–Crippen LogP) is 1.38. The van der Waals surface area contributed by atoms with Crippen molar-refractivity contribution in [3.63, 3.8) is 0 Å². The van der Waals surface area contributed by atoms with Crippen LogP contribution < -0.4 is 0 Å². The average Bonchev–Trinajstić information content (AvgIpc) is 2.85. The van der Waals surface area contributed by atoms with Gasteiger partial charge in [0.2, 0.25) is 21.8 Å². The van der Waals surface area contributed by atoms with Crippen molar-refractivity contribution in [1.29, 1.82) is 0 Å². The Morgan fingerprint density at radius 2 is 1.52 bits per heavy atom. The lowest BCUT2D eigenvalue weighted by atomic mass is 9.97. The summed E-state index contributed by atoms with van der Waals surface area (Å²) in [5.41, 5.74) is 0. The van der Waals surface area contributed by atoms with Gasteiger partial charge in [-0.3, -0.25) is 14.5 Å². The molecular formula is C23H33FN4O4S. The Balaban J connectivity index is 1.29. The molecule has 0 N–H and O–H groups in total. The van der Waals surface area contributed by atoms with Gasteiger partial charge >= 0.3 is 0 Å². The van der Waals surface area contributed by atoms with Gasteiger partial charge in [-0.25, -0.2) is 12.8 Å². The second-order valence-corrected chi connectivity index (χ2v) is 11.1. The molecule has 0 spiro atoms. The monoisotopic (exact) mass is 480 g/mol. The quantitative estimate of drug-likeness (QED) is 0.636. The van der Waals surface area contributed by atoms with Crippen LogP contribution in [-0.2, 0) is 19.6 Å². The van der Waals surface area contributed by atoms with Gasteiger partial charge in [0.1, 0.15) is 5.82 Å². The number of piperidine rings is 2. The number of halogens is 1. The average molecular weight is 481 g/mol. The zero-order chi connectivity index (χ0) is 23.4. The molecule has 1 unspecified atom stereocenters. The Morgan fingerprint density at radius 3 is 2.18 bits per heavy atom. The minimum absolute atomic E-state index is 0.0176. The maximum Gasteiger partial charge on any atom is 0.243 e. The highest BCUT2D eigenvalue weighted by atomic mass is 32.2. The summed E-state index contributed by atoms with van der Waals surface area (Å²) in [7, 11) is -3.76. The molecule has 3 saturated heterocycles. The summed E-state index contributed by atoms with van der Waals surface area (Å²) in [6, 6.07) is 4.80. The number of sulfonamides is 1. The molecule has 0 aromatic heterocycles. The number of carbonyl (C=O) groups is 2. The van der Waals surface area contributed by atoms with Crippen LogP contribution >= 0.6 is 0 Å². The first-order valence-corrected chi connectivity index (χ1v) is 13.3. The van der Waals surface area contributed by atoms with E-state index in [0.717, 1.165) is 38.1 Å². The van der Waals surface area contributed by atoms with Gasteiger partial charge < -0.3 is 9.80 Å². The Labute approximate surface area is 195 Å². The fourth-order valence-electron chi connectivity index (χ4n) is 4.94. The van der Waals surface area contributed by atoms with E-state index in [1.165, 1.54) is 22.9 Å². The summed E-state index contributed by atoms with van der Waals surface area (Å²) in [5.74, 6) is -0.715. The molecule has 0 bridgehead atoms. The van der Waals surface area contributed by atoms with E-state index in [9.17, 15) is 22.4 Å². The third kappa shape index (κ3) is 5.73. The lowest BCUT2D eigenvalue weighted by Gasteiger charge is -2.39. The van der Waals surface area contributed by atoms with E-state index in [0.29, 0.717) is 52.1 Å². The number of amides is 2. The second kappa shape index (κ2) is 10.5. The van der Waals surface area contributed by atoms with Crippen LogP contribution in [0.2, 0.25) is 0 Å². The molecule has 8 nitrogen and oxygen atoms in total. The molecule has 3 aliphatic rings. The van der Waals surface area contributed by atoms with Crippen LogP contribution in [0.25, 0.3) is 0 Å². The van der Waals surface area contributed by atoms with Gasteiger partial charge in [0.25, 0.3) is 0 Å². The molecule has 0 radical (unpaired) electrons. The smallest absolute Gasteiger partial charge is 0.243 e. The highest BCUT2D eigenvalue weighted by Crippen LogP contribution is 2.25. The molecule has 1 atom stereocenters. The van der Waals surface area contributed by atoms with Crippen molar-refractivity contribution in [3.8, 4) is 0 Å². The molecule has 4 rings (SSSR count). The fourth-order valence-corrected chi connectivity index (χ4v) is 6.46. The van der Waals surface area contributed by atoms with E-state index in [-0.39, 0.29) is 29.2 Å². The van der Waals surface area contributed by atoms with E-state index < -0.39 is 15.8 Å². The number of likely N-dealkylation sites (tertiary alicyclic amines) is 1. The lowest BCUT2D eigenvalue weighted by molar-refractivity contribution is -0.139. The van der Waals surface area contributed by atoms with Gasteiger partial charge in [-0.05, 0) is 56.4 Å². The van der Waals surface area contributed by atoms with E-state index in [2.05, 4.69) is 4.90 Å². The first-order valence-electron chi connectivity index (χ1n) is 11.9. The maximum atomic E-state index is 13.2. The molecular weight excluding hydrogens is 447 g/mol. The summed E-state index contributed by atoms with van der Waals surface area (Å²) in [5, 5.41) is 0. The summed E-state index contributed by atoms with van der Waals surface area (Å²) >= 11 is 0. The zero-order valence-corrected chi connectivity index (χ0v) is 19.8. The highest BCUT2D eigenvalue weighted by Gasteiger charge is 2.36. The predicted molar refractivity (Wildman–Crippen MR) is 121 cm³/mol. The van der Waals surface area contributed by atoms with Crippen LogP contribution in [-0.4, -0.2) is 98.1 Å². The molecule has 182 valence electrons. The standard InChI is InChI=1S/C23H33FN4O4S/c24-20-6-8-21(9-7-20)33(31,32)28-12-4-5-19(17-28)23(30)27-15-13-25(14-16-27)18-22(29)26-10-2-1-3-11-26/h6-9,19H,1-5,10-18H2. The first-order chi connectivity index (χ1) is 15.8. The van der Waals surface area contributed by atoms with Crippen LogP contribution in [0.15, 0.2) is 29.2 Å². The molecule has 3 fully saturated rings. The van der Waals surface area contributed by atoms with Crippen LogP contribution in [0.1, 0.15) is 32.1 Å². The minimum Gasteiger partial charge on any atom is -0.342 e. The molecule has 3 heterocycles. The third-order valence-electron chi connectivity index (χ3n) is 6.94. The molecule has 1 aromatic rings. The summed E-state index contributed by atoms with van der Waals surface area (Å²) in [4.78, 5) is 31.6. The topological polar surface area (TPSA) is 81.2 Å². The minimum atomic E-state index is -3.76. The number of carbonyl (C=O) groups excluding carboxylic acids is 2. The van der Waals surface area contributed by atoms with Crippen molar-refractivity contribution in [1.82, 2.24) is 19.0 Å². The van der Waals surface area contributed by atoms with Crippen molar-refractivity contribution in [2.75, 3.05) is 58.9 Å². The molecule has 10 heteroatoms. The molecule has 0 aliphatic carbocycles. The summed E-state index contributed by atoms with van der Waals surface area (Å²) < 4.78 is 40.5. The normalized spacial score (nSPS) is 23.5. The van der Waals surface area contributed by atoms with Crippen molar-refractivity contribution >= 4 is 21.8 Å². The first kappa shape index (κ1) is 24.1. The van der Waals surface area contributed by atoms with E-state index in [1.807, 2.05) is 4.90 Å². The Kier molecular flexibility index (Phi) is 7.65. The SMILES string of the molecule is O=C(CN1CCN(C(=O)C2CCCN(S(=O)(=O)c3ccc(F)cc3)C2)CC1)N1CCCCC1. The molecule has 1 aromatic carbocycles. The van der Waals surface area contributed by atoms with Gasteiger partial charge in [-0.2, -0.15) is 4.31 Å². The lowest BCUT2D eigenvalue weighted by Crippen LogP contribution is -2.54. The molecule has 3 aliphatic heterocycles. The zero-order valence-electron chi connectivity index (χ0n) is 19.0. The number of hydrogen-bond donors (Lipinski definition) is 0. The van der Waals surface area contributed by atoms with Crippen molar-refractivity contribution in [2.45, 2.75) is 37.0 Å². The number of rotatable bonds is 5. The molecule has 2 amide bonds. The maximum absolute atomic E-state index is 13.2. The summed E-state index contributed by atoms with van der Waals surface area (Å²) in [6.07, 6.45) is 4.60. The number of nitrogens with zero attached hydrogens (tertiary/aromatic N) is 4. The van der Waals surface area contributed by atoms with Crippen molar-refractivity contribution in [2.24, 2.45) is 5.92 Å². The van der Waals surface area contributed by atoms with Gasteiger partial charge in [0.05, 0.1) is 17.4 Å². The number of benzene rings is 1. The van der Waals surface area contributed by atoms with E-state index in [4.69, 9.17) is 0 Å². The molecule has 33 heavy (non-hydrogen) atoms. The highest BCUT2D eigenvalue weighted by molar-refractivity contribution is 7.89. The van der Waals surface area contributed by atoms with Crippen molar-refractivity contribution in [3.05, 3.63) is 30.1 Å². The van der Waals surface area contributed by atoms with Gasteiger partial charge in [0.15, 0.2) is 0 Å². The fraction of sp³-hybridized carbons (Fsp3) is 0.652. The third-order valence-corrected chi connectivity index (χ3v) is 8.82. The largest absolute Gasteiger partial charge is 0.342 e. The molecule has 0 saturated carbocycles. The van der Waals surface area contributed by atoms with Gasteiger partial charge in [-0.1, -0.05) is 0 Å². The second-order valence-electron chi connectivity index (χ2n) is 9.20. The Bertz CT molecular complexity index is 942. The number of hydrogen-bond acceptors (Lipinski definition) is 5. The van der Waals surface area contributed by atoms with Gasteiger partial charge in [0, 0.05) is 52.4 Å². The van der Waals surface area contributed by atoms with Crippen molar-refractivity contribution < 1.29 is 22.4 Å². The van der Waals surface area contributed by atoms with E-state index in [1.54, 1.807) is 4.90 Å². The van der Waals surface area contributed by atoms with Gasteiger partial charge in [-0.15, -0.1) is 0 Å².